The van der Waals surface area contributed by atoms with Crippen molar-refractivity contribution in [1.29, 1.82) is 0 Å². The van der Waals surface area contributed by atoms with E-state index in [2.05, 4.69) is 17.6 Å². The minimum absolute atomic E-state index is 0.125. The highest BCUT2D eigenvalue weighted by molar-refractivity contribution is 5.79. The van der Waals surface area contributed by atoms with Crippen molar-refractivity contribution in [3.05, 3.63) is 29.8 Å². The fraction of sp³-hybridized carbons (Fsp3) is 0.562. The number of aryl methyl sites for hydroxylation is 1. The van der Waals surface area contributed by atoms with Crippen LogP contribution < -0.4 is 10.6 Å². The molecule has 1 heterocycles. The number of piperidine rings is 1. The van der Waals surface area contributed by atoms with Gasteiger partial charge in [-0.2, -0.15) is 0 Å². The molecule has 0 bridgehead atoms. The molecular weight excluding hydrogens is 252 g/mol. The molecule has 0 aromatic heterocycles. The Morgan fingerprint density at radius 3 is 2.85 bits per heavy atom. The molecule has 1 saturated heterocycles. The summed E-state index contributed by atoms with van der Waals surface area (Å²) in [5.41, 5.74) is 1.18. The summed E-state index contributed by atoms with van der Waals surface area (Å²) in [5.74, 6) is 0.593. The van der Waals surface area contributed by atoms with E-state index >= 15 is 0 Å². The van der Waals surface area contributed by atoms with Crippen LogP contribution in [-0.2, 0) is 11.2 Å². The molecule has 4 nitrogen and oxygen atoms in total. The van der Waals surface area contributed by atoms with E-state index in [1.54, 1.807) is 12.1 Å². The minimum atomic E-state index is 0.125. The van der Waals surface area contributed by atoms with Gasteiger partial charge in [-0.25, -0.2) is 0 Å². The van der Waals surface area contributed by atoms with Crippen LogP contribution in [0.2, 0.25) is 0 Å². The molecule has 110 valence electrons. The first kappa shape index (κ1) is 14.9. The Hall–Kier alpha value is -1.55. The van der Waals surface area contributed by atoms with Crippen molar-refractivity contribution in [2.75, 3.05) is 13.1 Å². The molecule has 2 rings (SSSR count). The maximum absolute atomic E-state index is 12.1. The van der Waals surface area contributed by atoms with Crippen molar-refractivity contribution in [1.82, 2.24) is 10.6 Å². The van der Waals surface area contributed by atoms with E-state index < -0.39 is 0 Å². The summed E-state index contributed by atoms with van der Waals surface area (Å²) in [4.78, 5) is 12.1. The minimum Gasteiger partial charge on any atom is -0.508 e. The highest BCUT2D eigenvalue weighted by atomic mass is 16.3. The van der Waals surface area contributed by atoms with E-state index in [0.29, 0.717) is 5.75 Å². The normalized spacial score (nSPS) is 20.4. The third kappa shape index (κ3) is 4.53. The number of carbonyl (C=O) groups excluding carboxylic acids is 1. The van der Waals surface area contributed by atoms with Gasteiger partial charge in [-0.15, -0.1) is 0 Å². The molecular formula is C16H24N2O2. The van der Waals surface area contributed by atoms with E-state index in [9.17, 15) is 9.90 Å². The van der Waals surface area contributed by atoms with Crippen LogP contribution in [0.25, 0.3) is 0 Å². The van der Waals surface area contributed by atoms with Crippen LogP contribution in [0.3, 0.4) is 0 Å². The van der Waals surface area contributed by atoms with Crippen molar-refractivity contribution in [2.24, 2.45) is 5.92 Å². The van der Waals surface area contributed by atoms with Crippen LogP contribution in [0.15, 0.2) is 24.3 Å². The third-order valence-electron chi connectivity index (χ3n) is 3.86. The van der Waals surface area contributed by atoms with Crippen LogP contribution >= 0.6 is 0 Å². The molecule has 1 amide bonds. The molecule has 0 aliphatic carbocycles. The van der Waals surface area contributed by atoms with Gasteiger partial charge in [-0.1, -0.05) is 12.1 Å². The Morgan fingerprint density at radius 1 is 1.45 bits per heavy atom. The first-order valence-electron chi connectivity index (χ1n) is 7.44. The molecule has 0 spiro atoms. The lowest BCUT2D eigenvalue weighted by molar-refractivity contribution is -0.126. The number of rotatable bonds is 5. The quantitative estimate of drug-likeness (QED) is 0.769. The van der Waals surface area contributed by atoms with Crippen LogP contribution in [0, 0.1) is 5.92 Å². The number of phenolic OH excluding ortho intramolecular Hbond substituents is 1. The zero-order chi connectivity index (χ0) is 14.4. The number of hydrogen-bond donors (Lipinski definition) is 3. The number of nitrogens with one attached hydrogen (secondary N) is 2. The third-order valence-corrected chi connectivity index (χ3v) is 3.86. The van der Waals surface area contributed by atoms with E-state index in [-0.39, 0.29) is 17.9 Å². The molecule has 2 atom stereocenters. The van der Waals surface area contributed by atoms with Crippen LogP contribution in [0.4, 0.5) is 0 Å². The van der Waals surface area contributed by atoms with Gasteiger partial charge in [0.2, 0.25) is 5.91 Å². The van der Waals surface area contributed by atoms with E-state index in [1.165, 1.54) is 5.56 Å². The monoisotopic (exact) mass is 276 g/mol. The average Bonchev–Trinajstić information content (AvgIpc) is 2.47. The number of carbonyl (C=O) groups is 1. The first-order chi connectivity index (χ1) is 9.65. The van der Waals surface area contributed by atoms with Crippen molar-refractivity contribution >= 4 is 5.91 Å². The van der Waals surface area contributed by atoms with Crippen molar-refractivity contribution in [3.8, 4) is 5.75 Å². The Morgan fingerprint density at radius 2 is 2.20 bits per heavy atom. The smallest absolute Gasteiger partial charge is 0.224 e. The molecule has 1 aliphatic rings. The summed E-state index contributed by atoms with van der Waals surface area (Å²) in [7, 11) is 0. The largest absolute Gasteiger partial charge is 0.508 e. The molecule has 1 aromatic carbocycles. The predicted molar refractivity (Wildman–Crippen MR) is 79.6 cm³/mol. The zero-order valence-corrected chi connectivity index (χ0v) is 12.1. The van der Waals surface area contributed by atoms with Gasteiger partial charge < -0.3 is 15.7 Å². The van der Waals surface area contributed by atoms with Gasteiger partial charge in [-0.3, -0.25) is 4.79 Å². The Bertz CT molecular complexity index is 425. The van der Waals surface area contributed by atoms with Gasteiger partial charge in [0, 0.05) is 12.6 Å². The van der Waals surface area contributed by atoms with Gasteiger partial charge in [0.1, 0.15) is 5.75 Å². The highest BCUT2D eigenvalue weighted by Crippen LogP contribution is 2.13. The van der Waals surface area contributed by atoms with Crippen LogP contribution in [0.5, 0.6) is 5.75 Å². The zero-order valence-electron chi connectivity index (χ0n) is 12.1. The first-order valence-corrected chi connectivity index (χ1v) is 7.44. The standard InChI is InChI=1S/C16H24N2O2/c1-12(4-5-13-6-8-15(19)9-7-13)18-16(20)14-3-2-10-17-11-14/h6-9,12,14,17,19H,2-5,10-11H2,1H3,(H,18,20)/t12?,14-/m1/s1. The fourth-order valence-corrected chi connectivity index (χ4v) is 2.55. The molecule has 3 N–H and O–H groups in total. The topological polar surface area (TPSA) is 61.4 Å². The molecule has 1 aliphatic heterocycles. The predicted octanol–water partition coefficient (Wildman–Crippen LogP) is 1.83. The lowest BCUT2D eigenvalue weighted by Gasteiger charge is -2.24. The van der Waals surface area contributed by atoms with E-state index in [1.807, 2.05) is 12.1 Å². The second kappa shape index (κ2) is 7.29. The van der Waals surface area contributed by atoms with Crippen molar-refractivity contribution in [2.45, 2.75) is 38.6 Å². The summed E-state index contributed by atoms with van der Waals surface area (Å²) in [6, 6.07) is 7.43. The average molecular weight is 276 g/mol. The van der Waals surface area contributed by atoms with Gasteiger partial charge in [0.15, 0.2) is 0 Å². The summed E-state index contributed by atoms with van der Waals surface area (Å²) in [6.45, 7) is 3.88. The second-order valence-corrected chi connectivity index (χ2v) is 5.66. The van der Waals surface area contributed by atoms with Gasteiger partial charge in [0.25, 0.3) is 0 Å². The van der Waals surface area contributed by atoms with Gasteiger partial charge >= 0.3 is 0 Å². The van der Waals surface area contributed by atoms with E-state index in [0.717, 1.165) is 38.8 Å². The molecule has 1 aromatic rings. The molecule has 20 heavy (non-hydrogen) atoms. The van der Waals surface area contributed by atoms with Gasteiger partial charge in [0.05, 0.1) is 5.92 Å². The molecule has 0 saturated carbocycles. The maximum Gasteiger partial charge on any atom is 0.224 e. The van der Waals surface area contributed by atoms with Gasteiger partial charge in [-0.05, 0) is 56.8 Å². The van der Waals surface area contributed by atoms with Crippen molar-refractivity contribution < 1.29 is 9.90 Å². The lowest BCUT2D eigenvalue weighted by atomic mass is 9.98. The number of phenols is 1. The summed E-state index contributed by atoms with van der Waals surface area (Å²) in [6.07, 6.45) is 3.89. The molecule has 1 fully saturated rings. The Balaban J connectivity index is 1.73. The van der Waals surface area contributed by atoms with Crippen LogP contribution in [0.1, 0.15) is 31.7 Å². The Labute approximate surface area is 120 Å². The summed E-state index contributed by atoms with van der Waals surface area (Å²) < 4.78 is 0. The number of hydrogen-bond acceptors (Lipinski definition) is 3. The second-order valence-electron chi connectivity index (χ2n) is 5.66. The molecule has 4 heteroatoms. The Kier molecular flexibility index (Phi) is 5.41. The number of amides is 1. The number of benzene rings is 1. The number of aromatic hydroxyl groups is 1. The maximum atomic E-state index is 12.1. The lowest BCUT2D eigenvalue weighted by Crippen LogP contribution is -2.43. The SMILES string of the molecule is CC(CCc1ccc(O)cc1)NC(=O)[C@@H]1CCCNC1. The summed E-state index contributed by atoms with van der Waals surface area (Å²) >= 11 is 0. The fourth-order valence-electron chi connectivity index (χ4n) is 2.55. The molecule has 1 unspecified atom stereocenters. The highest BCUT2D eigenvalue weighted by Gasteiger charge is 2.21. The van der Waals surface area contributed by atoms with E-state index in [4.69, 9.17) is 0 Å². The van der Waals surface area contributed by atoms with Crippen LogP contribution in [-0.4, -0.2) is 30.1 Å². The van der Waals surface area contributed by atoms with Crippen molar-refractivity contribution in [3.63, 3.8) is 0 Å². The molecule has 0 radical (unpaired) electrons. The summed E-state index contributed by atoms with van der Waals surface area (Å²) in [5, 5.41) is 15.6.